The van der Waals surface area contributed by atoms with Crippen molar-refractivity contribution in [1.82, 2.24) is 9.97 Å². The van der Waals surface area contributed by atoms with Gasteiger partial charge < -0.3 is 16.0 Å². The summed E-state index contributed by atoms with van der Waals surface area (Å²) in [5.41, 5.74) is 2.91. The number of Topliss-reactive ketones (excluding diaryl/α,β-unsaturated/α-hetero) is 1. The molecule has 1 aromatic heterocycles. The summed E-state index contributed by atoms with van der Waals surface area (Å²) in [6, 6.07) is 15.4. The number of hydrogen-bond donors (Lipinski definition) is 3. The molecule has 7 nitrogen and oxygen atoms in total. The molecule has 0 atom stereocenters. The lowest BCUT2D eigenvalue weighted by Crippen LogP contribution is -2.19. The van der Waals surface area contributed by atoms with Gasteiger partial charge in [0.25, 0.3) is 0 Å². The van der Waals surface area contributed by atoms with Gasteiger partial charge in [-0.3, -0.25) is 9.78 Å². The van der Waals surface area contributed by atoms with Crippen molar-refractivity contribution in [3.05, 3.63) is 89.6 Å². The number of carbonyl (C=O) groups is 2. The van der Waals surface area contributed by atoms with Gasteiger partial charge in [-0.05, 0) is 36.8 Å². The Morgan fingerprint density at radius 1 is 0.879 bits per heavy atom. The number of carbonyl (C=O) groups excluding carboxylic acids is 2. The number of ketones is 1. The second kappa shape index (κ2) is 9.39. The fourth-order valence-corrected chi connectivity index (χ4v) is 3.15. The largest absolute Gasteiger partial charge is 0.365 e. The zero-order chi connectivity index (χ0) is 23.4. The normalized spacial score (nSPS) is 10.6. The van der Waals surface area contributed by atoms with Gasteiger partial charge in [0.05, 0.1) is 17.2 Å². The van der Waals surface area contributed by atoms with Gasteiger partial charge in [-0.25, -0.2) is 18.6 Å². The Bertz CT molecular complexity index is 1360. The molecule has 0 aliphatic rings. The number of benzene rings is 3. The molecule has 0 fully saturated rings. The Balaban J connectivity index is 1.39. The molecule has 2 amide bonds. The van der Waals surface area contributed by atoms with Crippen LogP contribution in [0.5, 0.6) is 0 Å². The third-order valence-electron chi connectivity index (χ3n) is 4.77. The van der Waals surface area contributed by atoms with Crippen LogP contribution >= 0.6 is 0 Å². The zero-order valence-electron chi connectivity index (χ0n) is 17.5. The lowest BCUT2D eigenvalue weighted by Gasteiger charge is -2.11. The summed E-state index contributed by atoms with van der Waals surface area (Å²) >= 11 is 0. The molecule has 4 rings (SSSR count). The van der Waals surface area contributed by atoms with Crippen LogP contribution in [0.2, 0.25) is 0 Å². The summed E-state index contributed by atoms with van der Waals surface area (Å²) in [6.07, 6.45) is 1.43. The second-order valence-corrected chi connectivity index (χ2v) is 7.28. The van der Waals surface area contributed by atoms with E-state index in [-0.39, 0.29) is 16.8 Å². The highest BCUT2D eigenvalue weighted by Gasteiger charge is 2.08. The first-order valence-corrected chi connectivity index (χ1v) is 10.0. The minimum absolute atomic E-state index is 0.0901. The molecule has 1 heterocycles. The predicted molar refractivity (Wildman–Crippen MR) is 122 cm³/mol. The van der Waals surface area contributed by atoms with Crippen LogP contribution < -0.4 is 16.0 Å². The molecule has 0 aliphatic heterocycles. The molecule has 0 radical (unpaired) electrons. The van der Waals surface area contributed by atoms with Crippen LogP contribution in [0.4, 0.5) is 30.8 Å². The number of anilines is 3. The van der Waals surface area contributed by atoms with E-state index in [4.69, 9.17) is 0 Å². The number of rotatable bonds is 6. The van der Waals surface area contributed by atoms with E-state index in [1.54, 1.807) is 42.5 Å². The molecule has 0 bridgehead atoms. The molecule has 0 saturated carbocycles. The van der Waals surface area contributed by atoms with Crippen LogP contribution in [0.3, 0.4) is 0 Å². The van der Waals surface area contributed by atoms with Gasteiger partial charge in [-0.1, -0.05) is 24.3 Å². The SMILES string of the molecule is CC(=O)c1cccc(NC(=O)Nc2cccc(CNc3cnc4cc(F)c(F)cc4n3)c2)c1. The standard InChI is InChI=1S/C24H19F2N5O2/c1-14(32)16-5-3-7-18(9-16)30-24(33)29-17-6-2-4-15(8-17)12-28-23-13-27-21-10-19(25)20(26)11-22(21)31-23/h2-11,13H,12H2,1H3,(H,28,31)(H2,29,30,33). The van der Waals surface area contributed by atoms with Gasteiger partial charge in [-0.15, -0.1) is 0 Å². The van der Waals surface area contributed by atoms with Crippen molar-refractivity contribution < 1.29 is 18.4 Å². The average Bonchev–Trinajstić information content (AvgIpc) is 2.79. The molecule has 4 aromatic rings. The number of fused-ring (bicyclic) bond motifs is 1. The lowest BCUT2D eigenvalue weighted by molar-refractivity contribution is 0.101. The lowest BCUT2D eigenvalue weighted by atomic mass is 10.1. The predicted octanol–water partition coefficient (Wildman–Crippen LogP) is 5.37. The van der Waals surface area contributed by atoms with Gasteiger partial charge in [0, 0.05) is 35.6 Å². The molecular formula is C24H19F2N5O2. The summed E-state index contributed by atoms with van der Waals surface area (Å²) in [5.74, 6) is -1.65. The molecular weight excluding hydrogens is 428 g/mol. The number of urea groups is 1. The van der Waals surface area contributed by atoms with E-state index in [2.05, 4.69) is 25.9 Å². The number of aromatic nitrogens is 2. The number of amides is 2. The molecule has 0 spiro atoms. The third-order valence-corrected chi connectivity index (χ3v) is 4.77. The molecule has 0 saturated heterocycles. The van der Waals surface area contributed by atoms with Crippen LogP contribution in [0.15, 0.2) is 66.9 Å². The number of nitrogens with zero attached hydrogens (tertiary/aromatic N) is 2. The molecule has 33 heavy (non-hydrogen) atoms. The highest BCUT2D eigenvalue weighted by molar-refractivity contribution is 6.01. The van der Waals surface area contributed by atoms with E-state index in [0.717, 1.165) is 17.7 Å². The summed E-state index contributed by atoms with van der Waals surface area (Å²) in [5, 5.41) is 8.51. The average molecular weight is 447 g/mol. The van der Waals surface area contributed by atoms with Crippen molar-refractivity contribution in [3.63, 3.8) is 0 Å². The van der Waals surface area contributed by atoms with Crippen molar-refractivity contribution in [2.45, 2.75) is 13.5 Å². The smallest absolute Gasteiger partial charge is 0.323 e. The summed E-state index contributed by atoms with van der Waals surface area (Å²) in [6.45, 7) is 1.82. The monoisotopic (exact) mass is 447 g/mol. The van der Waals surface area contributed by atoms with Crippen molar-refractivity contribution in [3.8, 4) is 0 Å². The van der Waals surface area contributed by atoms with Gasteiger partial charge in [0.1, 0.15) is 5.82 Å². The van der Waals surface area contributed by atoms with Crippen LogP contribution in [0.25, 0.3) is 11.0 Å². The maximum Gasteiger partial charge on any atom is 0.323 e. The number of hydrogen-bond acceptors (Lipinski definition) is 5. The summed E-state index contributed by atoms with van der Waals surface area (Å²) < 4.78 is 26.8. The van der Waals surface area contributed by atoms with Gasteiger partial charge in [0.15, 0.2) is 17.4 Å². The van der Waals surface area contributed by atoms with Crippen LogP contribution in [-0.4, -0.2) is 21.8 Å². The fraction of sp³-hybridized carbons (Fsp3) is 0.0833. The first-order chi connectivity index (χ1) is 15.9. The van der Waals surface area contributed by atoms with E-state index in [1.165, 1.54) is 13.1 Å². The maximum absolute atomic E-state index is 13.5. The van der Waals surface area contributed by atoms with Gasteiger partial charge in [-0.2, -0.15) is 0 Å². The first-order valence-electron chi connectivity index (χ1n) is 10.0. The summed E-state index contributed by atoms with van der Waals surface area (Å²) in [4.78, 5) is 32.2. The highest BCUT2D eigenvalue weighted by Crippen LogP contribution is 2.18. The Labute approximate surface area is 187 Å². The van der Waals surface area contributed by atoms with Crippen molar-refractivity contribution in [2.24, 2.45) is 0 Å². The Kier molecular flexibility index (Phi) is 6.21. The maximum atomic E-state index is 13.5. The Hall–Kier alpha value is -4.40. The quantitative estimate of drug-likeness (QED) is 0.346. The minimum Gasteiger partial charge on any atom is -0.365 e. The van der Waals surface area contributed by atoms with Crippen molar-refractivity contribution in [1.29, 1.82) is 0 Å². The van der Waals surface area contributed by atoms with Crippen LogP contribution in [0, 0.1) is 11.6 Å². The minimum atomic E-state index is -0.987. The van der Waals surface area contributed by atoms with E-state index in [9.17, 15) is 18.4 Å². The number of nitrogens with one attached hydrogen (secondary N) is 3. The Morgan fingerprint density at radius 3 is 2.27 bits per heavy atom. The van der Waals surface area contributed by atoms with Gasteiger partial charge in [0.2, 0.25) is 0 Å². The van der Waals surface area contributed by atoms with Crippen molar-refractivity contribution >= 4 is 40.0 Å². The zero-order valence-corrected chi connectivity index (χ0v) is 17.5. The molecule has 0 aliphatic carbocycles. The van der Waals surface area contributed by atoms with E-state index in [1.807, 2.05) is 6.07 Å². The molecule has 3 aromatic carbocycles. The fourth-order valence-electron chi connectivity index (χ4n) is 3.15. The summed E-state index contributed by atoms with van der Waals surface area (Å²) in [7, 11) is 0. The van der Waals surface area contributed by atoms with E-state index in [0.29, 0.717) is 29.3 Å². The molecule has 9 heteroatoms. The molecule has 3 N–H and O–H groups in total. The molecule has 166 valence electrons. The van der Waals surface area contributed by atoms with Crippen molar-refractivity contribution in [2.75, 3.05) is 16.0 Å². The van der Waals surface area contributed by atoms with Crippen LogP contribution in [0.1, 0.15) is 22.8 Å². The van der Waals surface area contributed by atoms with E-state index >= 15 is 0 Å². The third kappa shape index (κ3) is 5.45. The molecule has 0 unspecified atom stereocenters. The number of halogens is 2. The van der Waals surface area contributed by atoms with Crippen LogP contribution in [-0.2, 0) is 6.54 Å². The topological polar surface area (TPSA) is 96.0 Å². The highest BCUT2D eigenvalue weighted by atomic mass is 19.2. The Morgan fingerprint density at radius 2 is 1.55 bits per heavy atom. The van der Waals surface area contributed by atoms with Gasteiger partial charge >= 0.3 is 6.03 Å². The first kappa shape index (κ1) is 21.8. The second-order valence-electron chi connectivity index (χ2n) is 7.28. The van der Waals surface area contributed by atoms with E-state index < -0.39 is 17.7 Å².